The van der Waals surface area contributed by atoms with Crippen LogP contribution in [0.25, 0.3) is 0 Å². The molecule has 1 N–H and O–H groups in total. The molecule has 1 aromatic rings. The highest BCUT2D eigenvalue weighted by Crippen LogP contribution is 2.02. The molecule has 0 spiro atoms. The van der Waals surface area contributed by atoms with E-state index in [1.807, 2.05) is 37.3 Å². The summed E-state index contributed by atoms with van der Waals surface area (Å²) in [5, 5.41) is 0. The van der Waals surface area contributed by atoms with Crippen LogP contribution in [0.4, 0.5) is 0 Å². The maximum absolute atomic E-state index is 12.1. The molecule has 0 bridgehead atoms. The summed E-state index contributed by atoms with van der Waals surface area (Å²) in [6.07, 6.45) is 0. The Bertz CT molecular complexity index is 391. The Labute approximate surface area is 113 Å². The molecule has 5 nitrogen and oxygen atoms in total. The van der Waals surface area contributed by atoms with Crippen LogP contribution in [-0.2, 0) is 21.0 Å². The van der Waals surface area contributed by atoms with Gasteiger partial charge in [-0.3, -0.25) is 9.63 Å². The van der Waals surface area contributed by atoms with E-state index in [0.717, 1.165) is 5.56 Å². The maximum Gasteiger partial charge on any atom is 0.241 e. The third-order valence-corrected chi connectivity index (χ3v) is 3.03. The molecule has 1 aromatic carbocycles. The van der Waals surface area contributed by atoms with Crippen molar-refractivity contribution in [3.05, 3.63) is 35.9 Å². The zero-order valence-corrected chi connectivity index (χ0v) is 11.2. The van der Waals surface area contributed by atoms with E-state index in [9.17, 15) is 4.79 Å². The van der Waals surface area contributed by atoms with Crippen LogP contribution in [0, 0.1) is 0 Å². The fraction of sp³-hybridized carbons (Fsp3) is 0.500. The second-order valence-electron chi connectivity index (χ2n) is 4.55. The zero-order valence-electron chi connectivity index (χ0n) is 11.2. The number of nitrogens with one attached hydrogen (secondary N) is 1. The summed E-state index contributed by atoms with van der Waals surface area (Å²) in [4.78, 5) is 19.2. The highest BCUT2D eigenvalue weighted by Gasteiger charge is 2.22. The fourth-order valence-corrected chi connectivity index (χ4v) is 1.93. The summed E-state index contributed by atoms with van der Waals surface area (Å²) >= 11 is 0. The lowest BCUT2D eigenvalue weighted by Gasteiger charge is -2.29. The second-order valence-corrected chi connectivity index (χ2v) is 4.55. The van der Waals surface area contributed by atoms with Crippen LogP contribution in [0.15, 0.2) is 30.3 Å². The molecule has 1 amide bonds. The van der Waals surface area contributed by atoms with Gasteiger partial charge in [-0.15, -0.1) is 0 Å². The predicted octanol–water partition coefficient (Wildman–Crippen LogP) is 0.955. The minimum Gasteiger partial charge on any atom is -0.378 e. The van der Waals surface area contributed by atoms with Crippen LogP contribution in [0.2, 0.25) is 0 Å². The number of carbonyl (C=O) groups excluding carboxylic acids is 1. The molecule has 5 heteroatoms. The monoisotopic (exact) mass is 264 g/mol. The fourth-order valence-electron chi connectivity index (χ4n) is 1.93. The van der Waals surface area contributed by atoms with Crippen LogP contribution in [0.3, 0.4) is 0 Å². The minimum atomic E-state index is -0.346. The Balaban J connectivity index is 1.71. The van der Waals surface area contributed by atoms with E-state index in [2.05, 4.69) is 5.48 Å². The van der Waals surface area contributed by atoms with Gasteiger partial charge in [-0.05, 0) is 12.5 Å². The molecule has 1 heterocycles. The van der Waals surface area contributed by atoms with Crippen LogP contribution < -0.4 is 5.48 Å². The van der Waals surface area contributed by atoms with E-state index in [1.54, 1.807) is 4.90 Å². The molecule has 0 radical (unpaired) electrons. The van der Waals surface area contributed by atoms with Crippen molar-refractivity contribution < 1.29 is 14.4 Å². The minimum absolute atomic E-state index is 0.0522. The van der Waals surface area contributed by atoms with E-state index in [1.165, 1.54) is 0 Å². The number of benzene rings is 1. The molecule has 19 heavy (non-hydrogen) atoms. The SMILES string of the molecule is CC(NOCc1ccccc1)C(=O)N1CCOCC1. The van der Waals surface area contributed by atoms with E-state index in [4.69, 9.17) is 9.57 Å². The van der Waals surface area contributed by atoms with Crippen molar-refractivity contribution in [2.24, 2.45) is 0 Å². The Hall–Kier alpha value is -1.43. The van der Waals surface area contributed by atoms with Crippen molar-refractivity contribution in [3.8, 4) is 0 Å². The van der Waals surface area contributed by atoms with Crippen LogP contribution in [-0.4, -0.2) is 43.2 Å². The lowest BCUT2D eigenvalue weighted by atomic mass is 10.2. The Morgan fingerprint density at radius 1 is 1.37 bits per heavy atom. The molecule has 1 unspecified atom stereocenters. The van der Waals surface area contributed by atoms with Gasteiger partial charge in [0.25, 0.3) is 0 Å². The summed E-state index contributed by atoms with van der Waals surface area (Å²) in [6, 6.07) is 9.50. The number of hydrogen-bond acceptors (Lipinski definition) is 4. The Morgan fingerprint density at radius 2 is 2.05 bits per heavy atom. The number of hydrogen-bond donors (Lipinski definition) is 1. The average Bonchev–Trinajstić information content (AvgIpc) is 2.48. The van der Waals surface area contributed by atoms with Gasteiger partial charge in [0.2, 0.25) is 5.91 Å². The molecular formula is C14H20N2O3. The molecule has 1 saturated heterocycles. The van der Waals surface area contributed by atoms with Crippen LogP contribution >= 0.6 is 0 Å². The summed E-state index contributed by atoms with van der Waals surface area (Å²) in [7, 11) is 0. The van der Waals surface area contributed by atoms with Crippen molar-refractivity contribution in [2.45, 2.75) is 19.6 Å². The third kappa shape index (κ3) is 4.31. The molecule has 0 saturated carbocycles. The molecular weight excluding hydrogens is 244 g/mol. The lowest BCUT2D eigenvalue weighted by Crippen LogP contribution is -2.49. The van der Waals surface area contributed by atoms with Crippen LogP contribution in [0.1, 0.15) is 12.5 Å². The first-order valence-corrected chi connectivity index (χ1v) is 6.55. The first kappa shape index (κ1) is 14.0. The average molecular weight is 264 g/mol. The van der Waals surface area contributed by atoms with Crippen LogP contribution in [0.5, 0.6) is 0 Å². The summed E-state index contributed by atoms with van der Waals surface area (Å²) in [5.74, 6) is 0.0522. The Kier molecular flexibility index (Phi) is 5.32. The number of rotatable bonds is 5. The topological polar surface area (TPSA) is 50.8 Å². The van der Waals surface area contributed by atoms with Crippen molar-refractivity contribution in [1.29, 1.82) is 0 Å². The standard InChI is InChI=1S/C14H20N2O3/c1-12(14(17)16-7-9-18-10-8-16)15-19-11-13-5-3-2-4-6-13/h2-6,12,15H,7-11H2,1H3. The normalized spacial score (nSPS) is 17.2. The number of carbonyl (C=O) groups is 1. The molecule has 1 atom stereocenters. The van der Waals surface area contributed by atoms with Gasteiger partial charge >= 0.3 is 0 Å². The quantitative estimate of drug-likeness (QED) is 0.805. The molecule has 0 aliphatic carbocycles. The van der Waals surface area contributed by atoms with E-state index >= 15 is 0 Å². The molecule has 104 valence electrons. The Morgan fingerprint density at radius 3 is 2.74 bits per heavy atom. The van der Waals surface area contributed by atoms with Gasteiger partial charge in [-0.25, -0.2) is 0 Å². The van der Waals surface area contributed by atoms with Gasteiger partial charge in [0.15, 0.2) is 0 Å². The van der Waals surface area contributed by atoms with Gasteiger partial charge < -0.3 is 9.64 Å². The number of amides is 1. The number of nitrogens with zero attached hydrogens (tertiary/aromatic N) is 1. The molecule has 2 rings (SSSR count). The van der Waals surface area contributed by atoms with E-state index in [0.29, 0.717) is 32.9 Å². The second kappa shape index (κ2) is 7.23. The largest absolute Gasteiger partial charge is 0.378 e. The van der Waals surface area contributed by atoms with E-state index < -0.39 is 0 Å². The molecule has 0 aromatic heterocycles. The molecule has 1 aliphatic heterocycles. The van der Waals surface area contributed by atoms with Gasteiger partial charge in [0, 0.05) is 13.1 Å². The maximum atomic E-state index is 12.1. The van der Waals surface area contributed by atoms with Crippen molar-refractivity contribution in [2.75, 3.05) is 26.3 Å². The van der Waals surface area contributed by atoms with Crippen molar-refractivity contribution >= 4 is 5.91 Å². The van der Waals surface area contributed by atoms with Crippen molar-refractivity contribution in [1.82, 2.24) is 10.4 Å². The highest BCUT2D eigenvalue weighted by molar-refractivity contribution is 5.81. The van der Waals surface area contributed by atoms with Gasteiger partial charge in [0.05, 0.1) is 19.8 Å². The smallest absolute Gasteiger partial charge is 0.241 e. The summed E-state index contributed by atoms with van der Waals surface area (Å²) in [5.41, 5.74) is 3.87. The van der Waals surface area contributed by atoms with E-state index in [-0.39, 0.29) is 11.9 Å². The zero-order chi connectivity index (χ0) is 13.5. The first-order valence-electron chi connectivity index (χ1n) is 6.55. The highest BCUT2D eigenvalue weighted by atomic mass is 16.6. The first-order chi connectivity index (χ1) is 9.27. The molecule has 1 fully saturated rings. The number of ether oxygens (including phenoxy) is 1. The van der Waals surface area contributed by atoms with Crippen molar-refractivity contribution in [3.63, 3.8) is 0 Å². The van der Waals surface area contributed by atoms with Gasteiger partial charge in [-0.2, -0.15) is 5.48 Å². The van der Waals surface area contributed by atoms with Gasteiger partial charge in [0.1, 0.15) is 6.04 Å². The summed E-state index contributed by atoms with van der Waals surface area (Å²) < 4.78 is 5.22. The lowest BCUT2D eigenvalue weighted by molar-refractivity contribution is -0.141. The number of morpholine rings is 1. The number of hydroxylamine groups is 1. The third-order valence-electron chi connectivity index (χ3n) is 3.03. The predicted molar refractivity (Wildman–Crippen MR) is 71.2 cm³/mol. The summed E-state index contributed by atoms with van der Waals surface area (Å²) in [6.45, 7) is 4.80. The molecule has 1 aliphatic rings. The van der Waals surface area contributed by atoms with Gasteiger partial charge in [-0.1, -0.05) is 30.3 Å².